The van der Waals surface area contributed by atoms with E-state index in [9.17, 15) is 26.4 Å². The Hall–Kier alpha value is -2.02. The van der Waals surface area contributed by atoms with E-state index in [2.05, 4.69) is 14.7 Å². The van der Waals surface area contributed by atoms with Crippen LogP contribution in [-0.4, -0.2) is 57.0 Å². The summed E-state index contributed by atoms with van der Waals surface area (Å²) in [6.07, 6.45) is 2.38. The summed E-state index contributed by atoms with van der Waals surface area (Å²) >= 11 is 0. The first-order chi connectivity index (χ1) is 12.6. The van der Waals surface area contributed by atoms with E-state index in [0.717, 1.165) is 6.26 Å². The van der Waals surface area contributed by atoms with Crippen LogP contribution in [0.1, 0.15) is 12.8 Å². The summed E-state index contributed by atoms with van der Waals surface area (Å²) in [5.41, 5.74) is -1.09. The van der Waals surface area contributed by atoms with Crippen molar-refractivity contribution in [2.24, 2.45) is 5.92 Å². The predicted molar refractivity (Wildman–Crippen MR) is 99.5 cm³/mol. The second kappa shape index (κ2) is 7.19. The van der Waals surface area contributed by atoms with E-state index in [0.29, 0.717) is 19.4 Å². The third-order valence-electron chi connectivity index (χ3n) is 4.46. The lowest BCUT2D eigenvalue weighted by atomic mass is 10.0. The van der Waals surface area contributed by atoms with Gasteiger partial charge in [0, 0.05) is 19.6 Å². The molecule has 2 aromatic rings. The fraction of sp³-hybridized carbons (Fsp3) is 0.467. The molecule has 1 aliphatic heterocycles. The summed E-state index contributed by atoms with van der Waals surface area (Å²) in [6.45, 7) is 0.673. The zero-order chi connectivity index (χ0) is 19.8. The number of H-pyrrole nitrogens is 2. The zero-order valence-electron chi connectivity index (χ0n) is 14.6. The van der Waals surface area contributed by atoms with Gasteiger partial charge in [-0.15, -0.1) is 0 Å². The molecule has 0 spiro atoms. The number of nitrogens with zero attached hydrogens (tertiary/aromatic N) is 1. The molecule has 148 valence electrons. The lowest BCUT2D eigenvalue weighted by Crippen LogP contribution is -2.43. The van der Waals surface area contributed by atoms with Crippen molar-refractivity contribution < 1.29 is 16.8 Å². The normalized spacial score (nSPS) is 19.4. The molecule has 1 saturated heterocycles. The molecule has 0 saturated carbocycles. The molecular weight excluding hydrogens is 396 g/mol. The van der Waals surface area contributed by atoms with Crippen LogP contribution < -0.4 is 16.0 Å². The molecule has 27 heavy (non-hydrogen) atoms. The second-order valence-electron chi connectivity index (χ2n) is 6.61. The quantitative estimate of drug-likeness (QED) is 0.579. The van der Waals surface area contributed by atoms with Crippen LogP contribution in [0.2, 0.25) is 0 Å². The lowest BCUT2D eigenvalue weighted by molar-refractivity contribution is 0.267. The van der Waals surface area contributed by atoms with Gasteiger partial charge < -0.3 is 4.98 Å². The van der Waals surface area contributed by atoms with Gasteiger partial charge in [-0.3, -0.25) is 9.78 Å². The monoisotopic (exact) mass is 416 g/mol. The summed E-state index contributed by atoms with van der Waals surface area (Å²) in [4.78, 5) is 27.7. The minimum absolute atomic E-state index is 0.0516. The largest absolute Gasteiger partial charge is 0.326 e. The Bertz CT molecular complexity index is 1180. The number of aromatic nitrogens is 2. The number of nitrogens with one attached hydrogen (secondary N) is 3. The van der Waals surface area contributed by atoms with Gasteiger partial charge in [-0.25, -0.2) is 26.4 Å². The number of fused-ring (bicyclic) bond motifs is 1. The van der Waals surface area contributed by atoms with Gasteiger partial charge in [0.05, 0.1) is 22.1 Å². The summed E-state index contributed by atoms with van der Waals surface area (Å²) in [6, 6.07) is 3.95. The smallest absolute Gasteiger partial charge is 0.307 e. The summed E-state index contributed by atoms with van der Waals surface area (Å²) in [5, 5.41) is 0.0722. The summed E-state index contributed by atoms with van der Waals surface area (Å²) in [5.74, 6) is -0.136. The third kappa shape index (κ3) is 4.46. The number of benzene rings is 1. The Morgan fingerprint density at radius 3 is 2.63 bits per heavy atom. The minimum Gasteiger partial charge on any atom is -0.307 e. The maximum atomic E-state index is 13.0. The maximum absolute atomic E-state index is 13.0. The van der Waals surface area contributed by atoms with Gasteiger partial charge in [-0.05, 0) is 37.0 Å². The van der Waals surface area contributed by atoms with Gasteiger partial charge in [-0.1, -0.05) is 0 Å². The van der Waals surface area contributed by atoms with Crippen molar-refractivity contribution in [2.45, 2.75) is 17.7 Å². The van der Waals surface area contributed by atoms with Gasteiger partial charge in [0.1, 0.15) is 0 Å². The van der Waals surface area contributed by atoms with E-state index in [1.54, 1.807) is 0 Å². The molecule has 0 radical (unpaired) electrons. The van der Waals surface area contributed by atoms with E-state index in [-0.39, 0.29) is 34.8 Å². The van der Waals surface area contributed by atoms with Crippen LogP contribution in [-0.2, 0) is 20.0 Å². The van der Waals surface area contributed by atoms with E-state index in [4.69, 9.17) is 0 Å². The average molecular weight is 416 g/mol. The standard InChI is InChI=1S/C15H20N4O6S2/c1-26(22,23)16-8-10-3-2-6-19(9-10)27(24,25)11-4-5-13-12(7-11)14(20)18-15(21)17-13/h4-5,7,10,16H,2-3,6,8-9H2,1H3,(H2,17,18,20,21). The Morgan fingerprint density at radius 1 is 1.19 bits per heavy atom. The van der Waals surface area contributed by atoms with Gasteiger partial charge in [0.25, 0.3) is 5.56 Å². The summed E-state index contributed by atoms with van der Waals surface area (Å²) < 4.78 is 52.1. The van der Waals surface area contributed by atoms with Crippen molar-refractivity contribution in [3.8, 4) is 0 Å². The number of sulfonamides is 2. The van der Waals surface area contributed by atoms with Crippen LogP contribution >= 0.6 is 0 Å². The van der Waals surface area contributed by atoms with Gasteiger partial charge in [0.15, 0.2) is 0 Å². The summed E-state index contributed by atoms with van der Waals surface area (Å²) in [7, 11) is -7.20. The molecule has 1 aromatic heterocycles. The number of hydrogen-bond acceptors (Lipinski definition) is 6. The number of piperidine rings is 1. The van der Waals surface area contributed by atoms with Crippen molar-refractivity contribution in [1.29, 1.82) is 0 Å². The predicted octanol–water partition coefficient (Wildman–Crippen LogP) is -0.834. The topological polar surface area (TPSA) is 149 Å². The van der Waals surface area contributed by atoms with Gasteiger partial charge in [-0.2, -0.15) is 4.31 Å². The van der Waals surface area contributed by atoms with Crippen LogP contribution in [0.5, 0.6) is 0 Å². The molecule has 1 fully saturated rings. The highest BCUT2D eigenvalue weighted by molar-refractivity contribution is 7.89. The van der Waals surface area contributed by atoms with Crippen LogP contribution in [0.25, 0.3) is 10.9 Å². The molecule has 3 N–H and O–H groups in total. The third-order valence-corrected chi connectivity index (χ3v) is 7.02. The molecule has 1 aliphatic rings. The number of hydrogen-bond donors (Lipinski definition) is 3. The van der Waals surface area contributed by atoms with Crippen LogP contribution in [0, 0.1) is 5.92 Å². The van der Waals surface area contributed by atoms with Crippen molar-refractivity contribution in [3.63, 3.8) is 0 Å². The fourth-order valence-corrected chi connectivity index (χ4v) is 5.25. The first kappa shape index (κ1) is 19.7. The Balaban J connectivity index is 1.88. The molecule has 1 aromatic carbocycles. The average Bonchev–Trinajstić information content (AvgIpc) is 2.59. The van der Waals surface area contributed by atoms with E-state index in [1.165, 1.54) is 22.5 Å². The van der Waals surface area contributed by atoms with Crippen molar-refractivity contribution in [1.82, 2.24) is 19.0 Å². The van der Waals surface area contributed by atoms with E-state index in [1.807, 2.05) is 0 Å². The van der Waals surface area contributed by atoms with Gasteiger partial charge >= 0.3 is 5.69 Å². The molecular formula is C15H20N4O6S2. The number of rotatable bonds is 5. The molecule has 1 atom stereocenters. The molecule has 3 rings (SSSR count). The Morgan fingerprint density at radius 2 is 1.93 bits per heavy atom. The first-order valence-corrected chi connectivity index (χ1v) is 11.6. The minimum atomic E-state index is -3.86. The molecule has 0 aliphatic carbocycles. The highest BCUT2D eigenvalue weighted by atomic mass is 32.2. The Kier molecular flexibility index (Phi) is 5.25. The molecule has 0 bridgehead atoms. The Labute approximate surface area is 155 Å². The molecule has 1 unspecified atom stereocenters. The van der Waals surface area contributed by atoms with Crippen molar-refractivity contribution in [2.75, 3.05) is 25.9 Å². The maximum Gasteiger partial charge on any atom is 0.326 e. The molecule has 10 nitrogen and oxygen atoms in total. The molecule has 0 amide bonds. The van der Waals surface area contributed by atoms with Crippen LogP contribution in [0.4, 0.5) is 0 Å². The zero-order valence-corrected chi connectivity index (χ0v) is 16.2. The van der Waals surface area contributed by atoms with Crippen molar-refractivity contribution >= 4 is 30.9 Å². The van der Waals surface area contributed by atoms with E-state index >= 15 is 0 Å². The number of aromatic amines is 2. The SMILES string of the molecule is CS(=O)(=O)NCC1CCCN(S(=O)(=O)c2ccc3[nH]c(=O)[nH]c(=O)c3c2)C1. The fourth-order valence-electron chi connectivity index (χ4n) is 3.13. The molecule has 2 heterocycles. The molecule has 12 heteroatoms. The van der Waals surface area contributed by atoms with Crippen LogP contribution in [0.15, 0.2) is 32.7 Å². The highest BCUT2D eigenvalue weighted by Gasteiger charge is 2.30. The van der Waals surface area contributed by atoms with Crippen molar-refractivity contribution in [3.05, 3.63) is 39.0 Å². The van der Waals surface area contributed by atoms with Crippen LogP contribution in [0.3, 0.4) is 0 Å². The second-order valence-corrected chi connectivity index (χ2v) is 10.4. The first-order valence-electron chi connectivity index (χ1n) is 8.27. The van der Waals surface area contributed by atoms with E-state index < -0.39 is 31.3 Å². The van der Waals surface area contributed by atoms with Gasteiger partial charge in [0.2, 0.25) is 20.0 Å². The lowest BCUT2D eigenvalue weighted by Gasteiger charge is -2.31. The highest BCUT2D eigenvalue weighted by Crippen LogP contribution is 2.24.